The molecule has 0 bridgehead atoms. The summed E-state index contributed by atoms with van der Waals surface area (Å²) in [5.74, 6) is 0.537. The average Bonchev–Trinajstić information content (AvgIpc) is 1.84. The standard InChI is InChI=1S/C6H13NS.2CH4/c1-4-5(2)6(8)7-3;;/h5H,4H2,1-3H3,(H,7,8);2*1H4. The van der Waals surface area contributed by atoms with Crippen molar-refractivity contribution in [3.8, 4) is 0 Å². The number of hydrogen-bond acceptors (Lipinski definition) is 1. The summed E-state index contributed by atoms with van der Waals surface area (Å²) in [6, 6.07) is 0. The lowest BCUT2D eigenvalue weighted by Gasteiger charge is -2.07. The van der Waals surface area contributed by atoms with Crippen molar-refractivity contribution in [3.05, 3.63) is 0 Å². The van der Waals surface area contributed by atoms with Crippen LogP contribution < -0.4 is 5.32 Å². The van der Waals surface area contributed by atoms with E-state index in [2.05, 4.69) is 19.2 Å². The van der Waals surface area contributed by atoms with Crippen LogP contribution in [0, 0.1) is 5.92 Å². The van der Waals surface area contributed by atoms with Gasteiger partial charge in [-0.15, -0.1) is 0 Å². The fourth-order valence-electron chi connectivity index (χ4n) is 0.432. The van der Waals surface area contributed by atoms with Crippen molar-refractivity contribution >= 4 is 17.2 Å². The minimum absolute atomic E-state index is 0. The predicted octanol–water partition coefficient (Wildman–Crippen LogP) is 2.85. The van der Waals surface area contributed by atoms with Crippen LogP contribution in [-0.2, 0) is 0 Å². The van der Waals surface area contributed by atoms with Crippen LogP contribution in [-0.4, -0.2) is 12.0 Å². The molecule has 0 radical (unpaired) electrons. The van der Waals surface area contributed by atoms with Gasteiger partial charge in [0.2, 0.25) is 0 Å². The quantitative estimate of drug-likeness (QED) is 0.628. The Hall–Kier alpha value is -0.110. The summed E-state index contributed by atoms with van der Waals surface area (Å²) in [5.41, 5.74) is 0. The van der Waals surface area contributed by atoms with E-state index in [4.69, 9.17) is 12.2 Å². The van der Waals surface area contributed by atoms with Gasteiger partial charge in [-0.1, -0.05) is 40.9 Å². The number of thiocarbonyl (C=S) groups is 1. The van der Waals surface area contributed by atoms with Crippen LogP contribution in [0.3, 0.4) is 0 Å². The van der Waals surface area contributed by atoms with E-state index >= 15 is 0 Å². The fraction of sp³-hybridized carbons (Fsp3) is 0.875. The molecule has 0 aromatic rings. The van der Waals surface area contributed by atoms with E-state index in [1.165, 1.54) is 0 Å². The molecule has 0 spiro atoms. The minimum atomic E-state index is 0. The summed E-state index contributed by atoms with van der Waals surface area (Å²) < 4.78 is 0. The SMILES string of the molecule is C.C.CCC(C)C(=S)NC. The highest BCUT2D eigenvalue weighted by Crippen LogP contribution is 2.00. The summed E-state index contributed by atoms with van der Waals surface area (Å²) in [4.78, 5) is 0.965. The minimum Gasteiger partial charge on any atom is -0.383 e. The van der Waals surface area contributed by atoms with Gasteiger partial charge in [-0.25, -0.2) is 0 Å². The predicted molar refractivity (Wildman–Crippen MR) is 54.6 cm³/mol. The normalized spacial score (nSPS) is 10.3. The third-order valence-corrected chi connectivity index (χ3v) is 1.91. The zero-order valence-corrected chi connectivity index (χ0v) is 6.51. The van der Waals surface area contributed by atoms with Crippen LogP contribution in [0.2, 0.25) is 0 Å². The Bertz CT molecular complexity index is 81.3. The van der Waals surface area contributed by atoms with Crippen LogP contribution in [0.5, 0.6) is 0 Å². The van der Waals surface area contributed by atoms with E-state index < -0.39 is 0 Å². The first-order chi connectivity index (χ1) is 3.72. The molecule has 0 saturated carbocycles. The van der Waals surface area contributed by atoms with Crippen LogP contribution in [0.25, 0.3) is 0 Å². The van der Waals surface area contributed by atoms with E-state index in [9.17, 15) is 0 Å². The van der Waals surface area contributed by atoms with Gasteiger partial charge in [0.05, 0.1) is 4.99 Å². The first-order valence-corrected chi connectivity index (χ1v) is 3.34. The van der Waals surface area contributed by atoms with Gasteiger partial charge in [0.25, 0.3) is 0 Å². The maximum atomic E-state index is 4.97. The highest BCUT2D eigenvalue weighted by Gasteiger charge is 2.00. The number of nitrogens with one attached hydrogen (secondary N) is 1. The zero-order valence-electron chi connectivity index (χ0n) is 5.69. The van der Waals surface area contributed by atoms with Gasteiger partial charge >= 0.3 is 0 Å². The average molecular weight is 163 g/mol. The molecule has 0 aliphatic carbocycles. The second kappa shape index (κ2) is 8.89. The number of hydrogen-bond donors (Lipinski definition) is 1. The molecule has 0 heterocycles. The van der Waals surface area contributed by atoms with Gasteiger partial charge in [-0.2, -0.15) is 0 Å². The Morgan fingerprint density at radius 2 is 1.90 bits per heavy atom. The highest BCUT2D eigenvalue weighted by molar-refractivity contribution is 7.80. The molecule has 0 fully saturated rings. The third-order valence-electron chi connectivity index (χ3n) is 1.31. The Balaban J connectivity index is -0.000000245. The van der Waals surface area contributed by atoms with Crippen molar-refractivity contribution in [2.24, 2.45) is 5.92 Å². The van der Waals surface area contributed by atoms with Crippen LogP contribution in [0.1, 0.15) is 35.1 Å². The second-order valence-corrected chi connectivity index (χ2v) is 2.36. The molecule has 1 nitrogen and oxygen atoms in total. The Morgan fingerprint density at radius 3 is 2.00 bits per heavy atom. The largest absolute Gasteiger partial charge is 0.383 e. The monoisotopic (exact) mass is 163 g/mol. The van der Waals surface area contributed by atoms with Crippen molar-refractivity contribution in [1.82, 2.24) is 5.32 Å². The van der Waals surface area contributed by atoms with E-state index in [1.54, 1.807) is 0 Å². The van der Waals surface area contributed by atoms with Gasteiger partial charge in [-0.3, -0.25) is 0 Å². The summed E-state index contributed by atoms with van der Waals surface area (Å²) >= 11 is 4.97. The maximum absolute atomic E-state index is 4.97. The van der Waals surface area contributed by atoms with Gasteiger partial charge in [0.1, 0.15) is 0 Å². The van der Waals surface area contributed by atoms with Crippen molar-refractivity contribution in [1.29, 1.82) is 0 Å². The molecule has 10 heavy (non-hydrogen) atoms. The Morgan fingerprint density at radius 1 is 1.50 bits per heavy atom. The van der Waals surface area contributed by atoms with E-state index in [-0.39, 0.29) is 14.9 Å². The molecule has 1 atom stereocenters. The molecule has 2 heteroatoms. The first kappa shape index (κ1) is 16.5. The molecule has 0 aromatic carbocycles. The molecule has 0 aliphatic heterocycles. The van der Waals surface area contributed by atoms with E-state index in [0.29, 0.717) is 5.92 Å². The molecule has 1 unspecified atom stereocenters. The summed E-state index contributed by atoms with van der Waals surface area (Å²) in [6.45, 7) is 4.26. The topological polar surface area (TPSA) is 12.0 Å². The molecule has 0 amide bonds. The van der Waals surface area contributed by atoms with Crippen LogP contribution >= 0.6 is 12.2 Å². The first-order valence-electron chi connectivity index (χ1n) is 2.94. The van der Waals surface area contributed by atoms with Crippen molar-refractivity contribution in [3.63, 3.8) is 0 Å². The third kappa shape index (κ3) is 6.02. The maximum Gasteiger partial charge on any atom is 0.0779 e. The lowest BCUT2D eigenvalue weighted by molar-refractivity contribution is 0.729. The number of rotatable bonds is 2. The molecule has 64 valence electrons. The van der Waals surface area contributed by atoms with Gasteiger partial charge in [-0.05, 0) is 6.42 Å². The lowest BCUT2D eigenvalue weighted by Crippen LogP contribution is -2.22. The summed E-state index contributed by atoms with van der Waals surface area (Å²) in [7, 11) is 1.87. The smallest absolute Gasteiger partial charge is 0.0779 e. The van der Waals surface area contributed by atoms with Crippen LogP contribution in [0.4, 0.5) is 0 Å². The fourth-order valence-corrected chi connectivity index (χ4v) is 0.598. The summed E-state index contributed by atoms with van der Waals surface area (Å²) in [5, 5.41) is 2.95. The van der Waals surface area contributed by atoms with Crippen molar-refractivity contribution in [2.45, 2.75) is 35.1 Å². The molecule has 1 N–H and O–H groups in total. The second-order valence-electron chi connectivity index (χ2n) is 1.92. The van der Waals surface area contributed by atoms with E-state index in [0.717, 1.165) is 11.4 Å². The van der Waals surface area contributed by atoms with Crippen molar-refractivity contribution < 1.29 is 0 Å². The van der Waals surface area contributed by atoms with Gasteiger partial charge in [0.15, 0.2) is 0 Å². The van der Waals surface area contributed by atoms with E-state index in [1.807, 2.05) is 7.05 Å². The lowest BCUT2D eigenvalue weighted by atomic mass is 10.1. The molecule has 0 rings (SSSR count). The molecule has 0 aliphatic rings. The highest BCUT2D eigenvalue weighted by atomic mass is 32.1. The zero-order chi connectivity index (χ0) is 6.57. The van der Waals surface area contributed by atoms with Gasteiger partial charge in [0, 0.05) is 13.0 Å². The van der Waals surface area contributed by atoms with Gasteiger partial charge < -0.3 is 5.32 Å². The molecule has 0 saturated heterocycles. The summed E-state index contributed by atoms with van der Waals surface area (Å²) in [6.07, 6.45) is 1.12. The Labute approximate surface area is 71.2 Å². The van der Waals surface area contributed by atoms with Crippen LogP contribution in [0.15, 0.2) is 0 Å². The molecular weight excluding hydrogens is 142 g/mol. The van der Waals surface area contributed by atoms with Crippen molar-refractivity contribution in [2.75, 3.05) is 7.05 Å². The molecule has 0 aromatic heterocycles. The molecular formula is C8H21NS. The Kier molecular flexibility index (Phi) is 14.6.